The number of hydrogen-bond acceptors (Lipinski definition) is 2. The van der Waals surface area contributed by atoms with Crippen LogP contribution in [0.5, 0.6) is 5.75 Å². The minimum Gasteiger partial charge on any atom is -0.497 e. The van der Waals surface area contributed by atoms with Crippen LogP contribution in [0, 0.1) is 5.92 Å². The standard InChI is InChI=1S/C16H22N2O/c1-18-10-12(8-11-4-3-5-15(11)17)14-9-13(19-2)6-7-16(14)18/h6-7,9-11,15H,3-5,8,17H2,1-2H3. The lowest BCUT2D eigenvalue weighted by Gasteiger charge is -2.14. The summed E-state index contributed by atoms with van der Waals surface area (Å²) < 4.78 is 7.54. The lowest BCUT2D eigenvalue weighted by atomic mass is 9.95. The number of rotatable bonds is 3. The van der Waals surface area contributed by atoms with E-state index in [-0.39, 0.29) is 0 Å². The molecule has 2 unspecified atom stereocenters. The molecule has 0 spiro atoms. The lowest BCUT2D eigenvalue weighted by molar-refractivity contribution is 0.415. The summed E-state index contributed by atoms with van der Waals surface area (Å²) in [7, 11) is 3.82. The zero-order valence-corrected chi connectivity index (χ0v) is 11.7. The SMILES string of the molecule is COc1ccc2c(c1)c(CC1CCCC1N)cn2C. The van der Waals surface area contributed by atoms with Crippen LogP contribution in [0.25, 0.3) is 10.9 Å². The fraction of sp³-hybridized carbons (Fsp3) is 0.500. The van der Waals surface area contributed by atoms with Crippen molar-refractivity contribution in [3.05, 3.63) is 30.0 Å². The second kappa shape index (κ2) is 4.89. The second-order valence-electron chi connectivity index (χ2n) is 5.71. The van der Waals surface area contributed by atoms with Gasteiger partial charge in [0, 0.05) is 30.2 Å². The summed E-state index contributed by atoms with van der Waals surface area (Å²) in [5.41, 5.74) is 8.87. The third-order valence-corrected chi connectivity index (χ3v) is 4.48. The quantitative estimate of drug-likeness (QED) is 0.919. The number of nitrogens with two attached hydrogens (primary N) is 1. The summed E-state index contributed by atoms with van der Waals surface area (Å²) in [5.74, 6) is 1.56. The van der Waals surface area contributed by atoms with Gasteiger partial charge in [-0.25, -0.2) is 0 Å². The number of benzene rings is 1. The molecule has 19 heavy (non-hydrogen) atoms. The van der Waals surface area contributed by atoms with Crippen molar-refractivity contribution < 1.29 is 4.74 Å². The Bertz CT molecular complexity index is 588. The predicted molar refractivity (Wildman–Crippen MR) is 78.5 cm³/mol. The average molecular weight is 258 g/mol. The third kappa shape index (κ3) is 2.23. The van der Waals surface area contributed by atoms with E-state index < -0.39 is 0 Å². The van der Waals surface area contributed by atoms with E-state index in [4.69, 9.17) is 10.5 Å². The Morgan fingerprint density at radius 3 is 2.89 bits per heavy atom. The average Bonchev–Trinajstić information content (AvgIpc) is 2.95. The first-order valence-electron chi connectivity index (χ1n) is 7.06. The second-order valence-corrected chi connectivity index (χ2v) is 5.71. The zero-order valence-electron chi connectivity index (χ0n) is 11.7. The van der Waals surface area contributed by atoms with E-state index >= 15 is 0 Å². The predicted octanol–water partition coefficient (Wildman–Crippen LogP) is 2.86. The van der Waals surface area contributed by atoms with E-state index in [1.54, 1.807) is 7.11 Å². The molecule has 0 aliphatic heterocycles. The van der Waals surface area contributed by atoms with Crippen LogP contribution in [0.4, 0.5) is 0 Å². The van der Waals surface area contributed by atoms with Crippen LogP contribution in [-0.4, -0.2) is 17.7 Å². The van der Waals surface area contributed by atoms with Crippen molar-refractivity contribution in [3.63, 3.8) is 0 Å². The van der Waals surface area contributed by atoms with E-state index in [2.05, 4.69) is 29.9 Å². The van der Waals surface area contributed by atoms with Gasteiger partial charge in [0.15, 0.2) is 0 Å². The molecule has 1 fully saturated rings. The molecular formula is C16H22N2O. The topological polar surface area (TPSA) is 40.2 Å². The molecule has 1 saturated carbocycles. The largest absolute Gasteiger partial charge is 0.497 e. The van der Waals surface area contributed by atoms with Crippen LogP contribution < -0.4 is 10.5 Å². The number of fused-ring (bicyclic) bond motifs is 1. The minimum atomic E-state index is 0.376. The van der Waals surface area contributed by atoms with Gasteiger partial charge in [-0.05, 0) is 48.9 Å². The van der Waals surface area contributed by atoms with E-state index in [0.717, 1.165) is 12.2 Å². The van der Waals surface area contributed by atoms with Gasteiger partial charge in [0.2, 0.25) is 0 Å². The fourth-order valence-corrected chi connectivity index (χ4v) is 3.34. The molecule has 2 aromatic rings. The Morgan fingerprint density at radius 1 is 1.37 bits per heavy atom. The van der Waals surface area contributed by atoms with Gasteiger partial charge in [0.05, 0.1) is 7.11 Å². The number of methoxy groups -OCH3 is 1. The molecule has 3 nitrogen and oxygen atoms in total. The van der Waals surface area contributed by atoms with Gasteiger partial charge in [-0.15, -0.1) is 0 Å². The number of ether oxygens (including phenoxy) is 1. The molecule has 0 amide bonds. The van der Waals surface area contributed by atoms with Gasteiger partial charge in [-0.1, -0.05) is 6.42 Å². The van der Waals surface area contributed by atoms with Gasteiger partial charge < -0.3 is 15.0 Å². The van der Waals surface area contributed by atoms with Gasteiger partial charge >= 0.3 is 0 Å². The maximum Gasteiger partial charge on any atom is 0.119 e. The maximum atomic E-state index is 6.20. The molecule has 1 aromatic carbocycles. The monoisotopic (exact) mass is 258 g/mol. The van der Waals surface area contributed by atoms with Crippen LogP contribution >= 0.6 is 0 Å². The number of aromatic nitrogens is 1. The van der Waals surface area contributed by atoms with E-state index in [9.17, 15) is 0 Å². The molecule has 1 heterocycles. The molecule has 0 saturated heterocycles. The van der Waals surface area contributed by atoms with E-state index in [1.807, 2.05) is 6.07 Å². The van der Waals surface area contributed by atoms with Crippen LogP contribution in [0.2, 0.25) is 0 Å². The van der Waals surface area contributed by atoms with Crippen molar-refractivity contribution >= 4 is 10.9 Å². The highest BCUT2D eigenvalue weighted by Crippen LogP contribution is 2.32. The number of hydrogen-bond donors (Lipinski definition) is 1. The molecule has 0 radical (unpaired) electrons. The van der Waals surface area contributed by atoms with Crippen LogP contribution in [-0.2, 0) is 13.5 Å². The van der Waals surface area contributed by atoms with Crippen molar-refractivity contribution in [1.82, 2.24) is 4.57 Å². The fourth-order valence-electron chi connectivity index (χ4n) is 3.34. The molecule has 1 aliphatic carbocycles. The first-order valence-corrected chi connectivity index (χ1v) is 7.06. The Labute approximate surface area is 114 Å². The Hall–Kier alpha value is -1.48. The van der Waals surface area contributed by atoms with Gasteiger partial charge in [0.25, 0.3) is 0 Å². The number of nitrogens with zero attached hydrogens (tertiary/aromatic N) is 1. The molecular weight excluding hydrogens is 236 g/mol. The van der Waals surface area contributed by atoms with Crippen LogP contribution in [0.15, 0.2) is 24.4 Å². The van der Waals surface area contributed by atoms with Crippen LogP contribution in [0.1, 0.15) is 24.8 Å². The summed E-state index contributed by atoms with van der Waals surface area (Å²) in [6, 6.07) is 6.67. The molecule has 3 rings (SSSR count). The first kappa shape index (κ1) is 12.5. The molecule has 2 N–H and O–H groups in total. The maximum absolute atomic E-state index is 6.20. The Kier molecular flexibility index (Phi) is 3.23. The Morgan fingerprint density at radius 2 is 2.21 bits per heavy atom. The minimum absolute atomic E-state index is 0.376. The van der Waals surface area contributed by atoms with Crippen molar-refractivity contribution in [2.24, 2.45) is 18.7 Å². The highest BCUT2D eigenvalue weighted by molar-refractivity contribution is 5.85. The van der Waals surface area contributed by atoms with Crippen molar-refractivity contribution in [2.45, 2.75) is 31.7 Å². The zero-order chi connectivity index (χ0) is 13.4. The van der Waals surface area contributed by atoms with E-state index in [1.165, 1.54) is 35.7 Å². The van der Waals surface area contributed by atoms with Crippen LogP contribution in [0.3, 0.4) is 0 Å². The van der Waals surface area contributed by atoms with Gasteiger partial charge in [-0.2, -0.15) is 0 Å². The first-order chi connectivity index (χ1) is 9.19. The third-order valence-electron chi connectivity index (χ3n) is 4.48. The molecule has 1 aromatic heterocycles. The van der Waals surface area contributed by atoms with Crippen molar-refractivity contribution in [2.75, 3.05) is 7.11 Å². The summed E-state index contributed by atoms with van der Waals surface area (Å²) in [6.45, 7) is 0. The lowest BCUT2D eigenvalue weighted by Crippen LogP contribution is -2.25. The normalized spacial score (nSPS) is 23.1. The summed E-state index contributed by atoms with van der Waals surface area (Å²) in [6.07, 6.45) is 7.06. The van der Waals surface area contributed by atoms with Gasteiger partial charge in [0.1, 0.15) is 5.75 Å². The van der Waals surface area contributed by atoms with Gasteiger partial charge in [-0.3, -0.25) is 0 Å². The van der Waals surface area contributed by atoms with Crippen molar-refractivity contribution in [3.8, 4) is 5.75 Å². The molecule has 0 bridgehead atoms. The molecule has 2 atom stereocenters. The summed E-state index contributed by atoms with van der Waals surface area (Å²) >= 11 is 0. The molecule has 102 valence electrons. The highest BCUT2D eigenvalue weighted by Gasteiger charge is 2.25. The summed E-state index contributed by atoms with van der Waals surface area (Å²) in [5, 5.41) is 1.31. The highest BCUT2D eigenvalue weighted by atomic mass is 16.5. The Balaban J connectivity index is 1.98. The summed E-state index contributed by atoms with van der Waals surface area (Å²) in [4.78, 5) is 0. The molecule has 1 aliphatic rings. The van der Waals surface area contributed by atoms with E-state index in [0.29, 0.717) is 12.0 Å². The van der Waals surface area contributed by atoms with Crippen molar-refractivity contribution in [1.29, 1.82) is 0 Å². The molecule has 3 heteroatoms. The smallest absolute Gasteiger partial charge is 0.119 e. The number of aryl methyl sites for hydroxylation is 1.